The van der Waals surface area contributed by atoms with Crippen LogP contribution in [-0.4, -0.2) is 32.3 Å². The van der Waals surface area contributed by atoms with Crippen LogP contribution in [0.25, 0.3) is 10.9 Å². The number of fused-ring (bicyclic) bond motifs is 2. The molecular weight excluding hydrogens is 276 g/mol. The van der Waals surface area contributed by atoms with Crippen LogP contribution in [0.3, 0.4) is 0 Å². The molecule has 0 aliphatic carbocycles. The molecule has 0 spiro atoms. The van der Waals surface area contributed by atoms with E-state index < -0.39 is 0 Å². The monoisotopic (exact) mass is 294 g/mol. The highest BCUT2D eigenvalue weighted by Crippen LogP contribution is 2.20. The Morgan fingerprint density at radius 2 is 2.18 bits per heavy atom. The molecule has 0 bridgehead atoms. The lowest BCUT2D eigenvalue weighted by Crippen LogP contribution is -2.36. The van der Waals surface area contributed by atoms with Gasteiger partial charge in [0.1, 0.15) is 0 Å². The molecule has 5 heteroatoms. The molecule has 5 nitrogen and oxygen atoms in total. The largest absolute Gasteiger partial charge is 0.361 e. The van der Waals surface area contributed by atoms with Crippen molar-refractivity contribution in [2.45, 2.75) is 25.8 Å². The van der Waals surface area contributed by atoms with Crippen LogP contribution < -0.4 is 0 Å². The van der Waals surface area contributed by atoms with Gasteiger partial charge in [-0.1, -0.05) is 18.2 Å². The second-order valence-corrected chi connectivity index (χ2v) is 5.75. The van der Waals surface area contributed by atoms with Crippen LogP contribution in [0.5, 0.6) is 0 Å². The van der Waals surface area contributed by atoms with Crippen molar-refractivity contribution in [2.24, 2.45) is 0 Å². The average Bonchev–Trinajstić information content (AvgIpc) is 3.18. The first-order chi connectivity index (χ1) is 10.8. The van der Waals surface area contributed by atoms with Crippen LogP contribution in [0.4, 0.5) is 0 Å². The van der Waals surface area contributed by atoms with Gasteiger partial charge in [-0.25, -0.2) is 4.98 Å². The first kappa shape index (κ1) is 13.1. The lowest BCUT2D eigenvalue weighted by molar-refractivity contribution is -0.132. The van der Waals surface area contributed by atoms with E-state index in [2.05, 4.69) is 27.1 Å². The number of aryl methyl sites for hydroxylation is 1. The molecule has 0 saturated carbocycles. The fourth-order valence-electron chi connectivity index (χ4n) is 3.16. The minimum atomic E-state index is 0.213. The highest BCUT2D eigenvalue weighted by Gasteiger charge is 2.22. The topological polar surface area (TPSA) is 64.8 Å². The summed E-state index contributed by atoms with van der Waals surface area (Å²) in [6.07, 6.45) is 5.89. The van der Waals surface area contributed by atoms with Crippen LogP contribution in [0.15, 0.2) is 36.8 Å². The van der Waals surface area contributed by atoms with E-state index in [-0.39, 0.29) is 5.91 Å². The van der Waals surface area contributed by atoms with E-state index in [1.54, 1.807) is 6.33 Å². The van der Waals surface area contributed by atoms with Gasteiger partial charge in [-0.05, 0) is 18.1 Å². The van der Waals surface area contributed by atoms with Gasteiger partial charge in [-0.15, -0.1) is 0 Å². The van der Waals surface area contributed by atoms with Crippen LogP contribution in [0.1, 0.15) is 23.4 Å². The summed E-state index contributed by atoms with van der Waals surface area (Å²) in [7, 11) is 0. The van der Waals surface area contributed by atoms with Gasteiger partial charge < -0.3 is 14.9 Å². The van der Waals surface area contributed by atoms with E-state index in [1.165, 1.54) is 10.9 Å². The number of nitrogens with one attached hydrogen (secondary N) is 2. The predicted molar refractivity (Wildman–Crippen MR) is 84.3 cm³/mol. The zero-order chi connectivity index (χ0) is 14.9. The average molecular weight is 294 g/mol. The van der Waals surface area contributed by atoms with Crippen molar-refractivity contribution in [3.63, 3.8) is 0 Å². The molecule has 0 fully saturated rings. The number of carbonyl (C=O) groups is 1. The Bertz CT molecular complexity index is 817. The van der Waals surface area contributed by atoms with Crippen molar-refractivity contribution >= 4 is 16.8 Å². The Labute approximate surface area is 128 Å². The van der Waals surface area contributed by atoms with Crippen molar-refractivity contribution in [3.8, 4) is 0 Å². The zero-order valence-corrected chi connectivity index (χ0v) is 12.3. The molecule has 22 heavy (non-hydrogen) atoms. The van der Waals surface area contributed by atoms with Crippen LogP contribution in [-0.2, 0) is 24.2 Å². The van der Waals surface area contributed by atoms with Gasteiger partial charge in [-0.3, -0.25) is 4.79 Å². The van der Waals surface area contributed by atoms with Gasteiger partial charge in [-0.2, -0.15) is 0 Å². The molecule has 1 aliphatic heterocycles. The third-order valence-corrected chi connectivity index (χ3v) is 4.41. The third kappa shape index (κ3) is 2.28. The second kappa shape index (κ2) is 5.33. The normalized spacial score (nSPS) is 14.3. The highest BCUT2D eigenvalue weighted by atomic mass is 16.2. The first-order valence-electron chi connectivity index (χ1n) is 7.65. The van der Waals surface area contributed by atoms with E-state index in [9.17, 15) is 4.79 Å². The van der Waals surface area contributed by atoms with Gasteiger partial charge in [0.05, 0.1) is 24.3 Å². The SMILES string of the molecule is O=C(CCc1c[nH]c2ccccc12)N1CCc2nc[nH]c2C1. The summed E-state index contributed by atoms with van der Waals surface area (Å²) in [6, 6.07) is 8.21. The Morgan fingerprint density at radius 3 is 3.14 bits per heavy atom. The molecule has 3 aromatic rings. The van der Waals surface area contributed by atoms with Crippen molar-refractivity contribution < 1.29 is 4.79 Å². The van der Waals surface area contributed by atoms with Crippen molar-refractivity contribution in [2.75, 3.05) is 6.54 Å². The summed E-state index contributed by atoms with van der Waals surface area (Å²) in [6.45, 7) is 1.42. The Hall–Kier alpha value is -2.56. The van der Waals surface area contributed by atoms with E-state index in [4.69, 9.17) is 0 Å². The van der Waals surface area contributed by atoms with E-state index in [1.807, 2.05) is 23.2 Å². The van der Waals surface area contributed by atoms with Crippen LogP contribution >= 0.6 is 0 Å². The molecule has 112 valence electrons. The summed E-state index contributed by atoms with van der Waals surface area (Å²) in [5.74, 6) is 0.213. The van der Waals surface area contributed by atoms with Gasteiger partial charge >= 0.3 is 0 Å². The Kier molecular flexibility index (Phi) is 3.18. The number of aromatic nitrogens is 3. The number of para-hydroxylation sites is 1. The molecule has 2 N–H and O–H groups in total. The molecule has 0 saturated heterocycles. The second-order valence-electron chi connectivity index (χ2n) is 5.75. The number of carbonyl (C=O) groups excluding carboxylic acids is 1. The molecule has 2 aromatic heterocycles. The lowest BCUT2D eigenvalue weighted by Gasteiger charge is -2.26. The number of hydrogen-bond donors (Lipinski definition) is 2. The van der Waals surface area contributed by atoms with Gasteiger partial charge in [0, 0.05) is 36.5 Å². The third-order valence-electron chi connectivity index (χ3n) is 4.41. The number of H-pyrrole nitrogens is 2. The van der Waals surface area contributed by atoms with E-state index >= 15 is 0 Å². The number of rotatable bonds is 3. The standard InChI is InChI=1S/C17H18N4O/c22-17(21-8-7-15-16(10-21)20-11-19-15)6-5-12-9-18-14-4-2-1-3-13(12)14/h1-4,9,11,18H,5-8,10H2,(H,19,20). The van der Waals surface area contributed by atoms with E-state index in [0.717, 1.165) is 36.3 Å². The van der Waals surface area contributed by atoms with Crippen molar-refractivity contribution in [1.82, 2.24) is 19.9 Å². The zero-order valence-electron chi connectivity index (χ0n) is 12.3. The molecule has 0 unspecified atom stereocenters. The molecule has 1 aliphatic rings. The summed E-state index contributed by atoms with van der Waals surface area (Å²) in [4.78, 5) is 25.0. The van der Waals surface area contributed by atoms with Crippen LogP contribution in [0, 0.1) is 0 Å². The van der Waals surface area contributed by atoms with E-state index in [0.29, 0.717) is 13.0 Å². The minimum Gasteiger partial charge on any atom is -0.361 e. The molecule has 4 rings (SSSR count). The number of amides is 1. The summed E-state index contributed by atoms with van der Waals surface area (Å²) in [5, 5.41) is 1.21. The van der Waals surface area contributed by atoms with Gasteiger partial charge in [0.2, 0.25) is 5.91 Å². The fourth-order valence-corrected chi connectivity index (χ4v) is 3.16. The highest BCUT2D eigenvalue weighted by molar-refractivity contribution is 5.84. The maximum Gasteiger partial charge on any atom is 0.223 e. The van der Waals surface area contributed by atoms with Gasteiger partial charge in [0.25, 0.3) is 0 Å². The Balaban J connectivity index is 1.43. The maximum atomic E-state index is 12.4. The van der Waals surface area contributed by atoms with Crippen LogP contribution in [0.2, 0.25) is 0 Å². The van der Waals surface area contributed by atoms with Crippen molar-refractivity contribution in [3.05, 3.63) is 53.7 Å². The fraction of sp³-hybridized carbons (Fsp3) is 0.294. The smallest absolute Gasteiger partial charge is 0.223 e. The maximum absolute atomic E-state index is 12.4. The molecule has 0 radical (unpaired) electrons. The first-order valence-corrected chi connectivity index (χ1v) is 7.65. The molecule has 3 heterocycles. The van der Waals surface area contributed by atoms with Gasteiger partial charge in [0.15, 0.2) is 0 Å². The number of nitrogens with zero attached hydrogens (tertiary/aromatic N) is 2. The molecule has 1 amide bonds. The lowest BCUT2D eigenvalue weighted by atomic mass is 10.1. The minimum absolute atomic E-state index is 0.213. The number of aromatic amines is 2. The quantitative estimate of drug-likeness (QED) is 0.779. The number of hydrogen-bond acceptors (Lipinski definition) is 2. The van der Waals surface area contributed by atoms with Crippen molar-refractivity contribution in [1.29, 1.82) is 0 Å². The molecular formula is C17H18N4O. The predicted octanol–water partition coefficient (Wildman–Crippen LogP) is 2.41. The summed E-state index contributed by atoms with van der Waals surface area (Å²) in [5.41, 5.74) is 4.51. The molecule has 0 atom stereocenters. The molecule has 1 aromatic carbocycles. The summed E-state index contributed by atoms with van der Waals surface area (Å²) < 4.78 is 0. The Morgan fingerprint density at radius 1 is 1.27 bits per heavy atom. The number of benzene rings is 1. The summed E-state index contributed by atoms with van der Waals surface area (Å²) >= 11 is 0. The number of imidazole rings is 1.